The van der Waals surface area contributed by atoms with Gasteiger partial charge in [-0.25, -0.2) is 0 Å². The molecule has 2 amide bonds. The highest BCUT2D eigenvalue weighted by Gasteiger charge is 2.14. The van der Waals surface area contributed by atoms with E-state index in [-0.39, 0.29) is 23.8 Å². The Kier molecular flexibility index (Phi) is 6.07. The number of rotatable bonds is 4. The molecule has 20 heavy (non-hydrogen) atoms. The fourth-order valence-corrected chi connectivity index (χ4v) is 2.42. The Hall–Kier alpha value is -1.01. The van der Waals surface area contributed by atoms with E-state index in [0.717, 1.165) is 4.47 Å². The molecule has 6 heteroatoms. The van der Waals surface area contributed by atoms with E-state index in [9.17, 15) is 9.59 Å². The van der Waals surface area contributed by atoms with E-state index in [1.54, 1.807) is 18.2 Å². The second kappa shape index (κ2) is 7.13. The second-order valence-corrected chi connectivity index (χ2v) is 6.86. The van der Waals surface area contributed by atoms with Crippen LogP contribution in [-0.2, 0) is 4.79 Å². The van der Waals surface area contributed by atoms with Gasteiger partial charge < -0.3 is 10.6 Å². The minimum absolute atomic E-state index is 0.0836. The van der Waals surface area contributed by atoms with Gasteiger partial charge in [0.25, 0.3) is 5.91 Å². The first-order valence-corrected chi connectivity index (χ1v) is 7.51. The predicted octanol–water partition coefficient (Wildman–Crippen LogP) is 2.77. The highest BCUT2D eigenvalue weighted by atomic mass is 79.9. The monoisotopic (exact) mass is 358 g/mol. The minimum Gasteiger partial charge on any atom is -0.351 e. The van der Waals surface area contributed by atoms with Crippen LogP contribution in [0, 0.1) is 0 Å². The molecule has 0 heterocycles. The Morgan fingerprint density at radius 1 is 1.30 bits per heavy atom. The molecule has 0 aliphatic rings. The topological polar surface area (TPSA) is 58.2 Å². The minimum atomic E-state index is -0.259. The van der Waals surface area contributed by atoms with Crippen LogP contribution < -0.4 is 10.6 Å². The number of halogens is 1. The molecule has 1 aromatic carbocycles. The number of carbonyl (C=O) groups excluding carboxylic acids is 2. The normalized spacial score (nSPS) is 11.1. The lowest BCUT2D eigenvalue weighted by molar-refractivity contribution is -0.122. The summed E-state index contributed by atoms with van der Waals surface area (Å²) in [6, 6.07) is 5.22. The first-order valence-electron chi connectivity index (χ1n) is 6.27. The number of hydrogen-bond acceptors (Lipinski definition) is 3. The molecule has 2 N–H and O–H groups in total. The molecule has 1 aromatic rings. The van der Waals surface area contributed by atoms with Crippen molar-refractivity contribution in [2.45, 2.75) is 37.6 Å². The van der Waals surface area contributed by atoms with Crippen molar-refractivity contribution in [2.75, 3.05) is 6.54 Å². The van der Waals surface area contributed by atoms with Crippen LogP contribution in [0.2, 0.25) is 0 Å². The predicted molar refractivity (Wildman–Crippen MR) is 86.2 cm³/mol. The zero-order valence-corrected chi connectivity index (χ0v) is 14.3. The first-order chi connectivity index (χ1) is 9.19. The summed E-state index contributed by atoms with van der Waals surface area (Å²) >= 11 is 7.57. The van der Waals surface area contributed by atoms with Gasteiger partial charge in [0, 0.05) is 27.9 Å². The highest BCUT2D eigenvalue weighted by molar-refractivity contribution is 9.10. The third-order valence-electron chi connectivity index (χ3n) is 2.36. The Labute approximate surface area is 133 Å². The lowest BCUT2D eigenvalue weighted by Gasteiger charge is -2.20. The van der Waals surface area contributed by atoms with Crippen LogP contribution in [0.15, 0.2) is 27.6 Å². The molecule has 0 aliphatic heterocycles. The average Bonchev–Trinajstić information content (AvgIpc) is 2.25. The van der Waals surface area contributed by atoms with Crippen molar-refractivity contribution in [2.24, 2.45) is 0 Å². The number of carbonyl (C=O) groups is 2. The summed E-state index contributed by atoms with van der Waals surface area (Å²) < 4.78 is 0.864. The molecule has 0 aromatic heterocycles. The Balaban J connectivity index is 2.46. The van der Waals surface area contributed by atoms with Crippen molar-refractivity contribution in [3.8, 4) is 0 Å². The van der Waals surface area contributed by atoms with Gasteiger partial charge in [-0.15, -0.1) is 12.6 Å². The van der Waals surface area contributed by atoms with E-state index in [1.165, 1.54) is 0 Å². The molecule has 1 rings (SSSR count). The molecule has 110 valence electrons. The van der Waals surface area contributed by atoms with E-state index in [1.807, 2.05) is 20.8 Å². The number of benzene rings is 1. The number of nitrogens with one attached hydrogen (secondary N) is 2. The van der Waals surface area contributed by atoms with Crippen molar-refractivity contribution in [3.63, 3.8) is 0 Å². The van der Waals surface area contributed by atoms with Gasteiger partial charge >= 0.3 is 0 Å². The van der Waals surface area contributed by atoms with Crippen LogP contribution in [-0.4, -0.2) is 23.9 Å². The standard InChI is InChI=1S/C14H19BrN2O2S/c1-14(2,3)17-12(18)6-7-16-13(19)10-5-4-9(15)8-11(10)20/h4-5,8,20H,6-7H2,1-3H3,(H,16,19)(H,17,18). The third-order valence-corrected chi connectivity index (χ3v) is 3.22. The number of amides is 2. The van der Waals surface area contributed by atoms with E-state index < -0.39 is 0 Å². The Morgan fingerprint density at radius 3 is 2.50 bits per heavy atom. The maximum Gasteiger partial charge on any atom is 0.252 e. The summed E-state index contributed by atoms with van der Waals surface area (Å²) in [5, 5.41) is 5.55. The van der Waals surface area contributed by atoms with Crippen LogP contribution in [0.5, 0.6) is 0 Å². The first kappa shape index (κ1) is 17.0. The largest absolute Gasteiger partial charge is 0.351 e. The fraction of sp³-hybridized carbons (Fsp3) is 0.429. The molecule has 0 fully saturated rings. The number of hydrogen-bond donors (Lipinski definition) is 3. The van der Waals surface area contributed by atoms with E-state index in [2.05, 4.69) is 39.2 Å². The maximum atomic E-state index is 11.9. The molecular formula is C14H19BrN2O2S. The molecule has 0 bridgehead atoms. The molecule has 0 saturated carbocycles. The molecule has 0 radical (unpaired) electrons. The van der Waals surface area contributed by atoms with Crippen LogP contribution >= 0.6 is 28.6 Å². The zero-order chi connectivity index (χ0) is 15.3. The van der Waals surface area contributed by atoms with Gasteiger partial charge in [0.15, 0.2) is 0 Å². The Morgan fingerprint density at radius 2 is 1.95 bits per heavy atom. The van der Waals surface area contributed by atoms with Gasteiger partial charge in [0.05, 0.1) is 5.56 Å². The molecule has 0 spiro atoms. The molecular weight excluding hydrogens is 340 g/mol. The molecule has 0 atom stereocenters. The van der Waals surface area contributed by atoms with Gasteiger partial charge in [-0.3, -0.25) is 9.59 Å². The van der Waals surface area contributed by atoms with E-state index in [4.69, 9.17) is 0 Å². The van der Waals surface area contributed by atoms with Gasteiger partial charge in [0.1, 0.15) is 0 Å². The highest BCUT2D eigenvalue weighted by Crippen LogP contribution is 2.19. The van der Waals surface area contributed by atoms with Gasteiger partial charge in [-0.2, -0.15) is 0 Å². The summed E-state index contributed by atoms with van der Waals surface area (Å²) in [7, 11) is 0. The van der Waals surface area contributed by atoms with Crippen LogP contribution in [0.1, 0.15) is 37.6 Å². The lowest BCUT2D eigenvalue weighted by Crippen LogP contribution is -2.42. The molecule has 4 nitrogen and oxygen atoms in total. The Bertz CT molecular complexity index is 512. The zero-order valence-electron chi connectivity index (χ0n) is 11.8. The van der Waals surface area contributed by atoms with E-state index >= 15 is 0 Å². The molecule has 0 unspecified atom stereocenters. The van der Waals surface area contributed by atoms with Gasteiger partial charge in [-0.1, -0.05) is 15.9 Å². The van der Waals surface area contributed by atoms with Gasteiger partial charge in [-0.05, 0) is 39.0 Å². The van der Waals surface area contributed by atoms with Crippen LogP contribution in [0.25, 0.3) is 0 Å². The summed E-state index contributed by atoms with van der Waals surface area (Å²) in [6.45, 7) is 6.04. The molecule has 0 aliphatic carbocycles. The summed E-state index contributed by atoms with van der Waals surface area (Å²) in [6.07, 6.45) is 0.251. The fourth-order valence-electron chi connectivity index (χ4n) is 1.56. The van der Waals surface area contributed by atoms with Crippen LogP contribution in [0.4, 0.5) is 0 Å². The SMILES string of the molecule is CC(C)(C)NC(=O)CCNC(=O)c1ccc(Br)cc1S. The van der Waals surface area contributed by atoms with Crippen molar-refractivity contribution in [1.29, 1.82) is 0 Å². The average molecular weight is 359 g/mol. The van der Waals surface area contributed by atoms with E-state index in [0.29, 0.717) is 17.0 Å². The quantitative estimate of drug-likeness (QED) is 0.724. The van der Waals surface area contributed by atoms with Crippen molar-refractivity contribution in [3.05, 3.63) is 28.2 Å². The maximum absolute atomic E-state index is 11.9. The summed E-state index contributed by atoms with van der Waals surface area (Å²) in [5.74, 6) is -0.314. The van der Waals surface area contributed by atoms with Crippen molar-refractivity contribution >= 4 is 40.4 Å². The summed E-state index contributed by atoms with van der Waals surface area (Å²) in [5.41, 5.74) is 0.234. The number of thiol groups is 1. The third kappa shape index (κ3) is 5.96. The van der Waals surface area contributed by atoms with Crippen LogP contribution in [0.3, 0.4) is 0 Å². The second-order valence-electron chi connectivity index (χ2n) is 5.47. The molecule has 0 saturated heterocycles. The van der Waals surface area contributed by atoms with Crippen molar-refractivity contribution in [1.82, 2.24) is 10.6 Å². The van der Waals surface area contributed by atoms with Crippen molar-refractivity contribution < 1.29 is 9.59 Å². The smallest absolute Gasteiger partial charge is 0.252 e. The summed E-state index contributed by atoms with van der Waals surface area (Å²) in [4.78, 5) is 24.1. The lowest BCUT2D eigenvalue weighted by atomic mass is 10.1. The van der Waals surface area contributed by atoms with Gasteiger partial charge in [0.2, 0.25) is 5.91 Å².